The summed E-state index contributed by atoms with van der Waals surface area (Å²) in [6.07, 6.45) is 1.05. The Balaban J connectivity index is 2.70. The third kappa shape index (κ3) is 1.82. The van der Waals surface area contributed by atoms with E-state index in [1.54, 1.807) is 0 Å². The van der Waals surface area contributed by atoms with Crippen LogP contribution in [0.5, 0.6) is 0 Å². The van der Waals surface area contributed by atoms with Gasteiger partial charge in [0.1, 0.15) is 5.82 Å². The van der Waals surface area contributed by atoms with Crippen LogP contribution < -0.4 is 5.73 Å². The van der Waals surface area contributed by atoms with Crippen molar-refractivity contribution in [3.8, 4) is 0 Å². The van der Waals surface area contributed by atoms with Crippen molar-refractivity contribution in [3.63, 3.8) is 0 Å². The first kappa shape index (κ1) is 9.19. The number of hydrogen-bond donors (Lipinski definition) is 2. The van der Waals surface area contributed by atoms with Crippen LogP contribution >= 0.6 is 0 Å². The van der Waals surface area contributed by atoms with Gasteiger partial charge in [0.25, 0.3) is 0 Å². The minimum Gasteiger partial charge on any atom is -0.321 e. The summed E-state index contributed by atoms with van der Waals surface area (Å²) in [5, 5.41) is 6.81. The zero-order chi connectivity index (χ0) is 9.14. The molecule has 0 aliphatic heterocycles. The zero-order valence-corrected chi connectivity index (χ0v) is 7.83. The third-order valence-electron chi connectivity index (χ3n) is 2.17. The van der Waals surface area contributed by atoms with Crippen LogP contribution in [0.1, 0.15) is 38.0 Å². The molecule has 0 amide bonds. The molecule has 0 saturated heterocycles. The summed E-state index contributed by atoms with van der Waals surface area (Å²) in [4.78, 5) is 4.19. The van der Waals surface area contributed by atoms with E-state index >= 15 is 0 Å². The number of aromatic amines is 1. The Bertz CT molecular complexity index is 243. The van der Waals surface area contributed by atoms with Crippen LogP contribution in [-0.4, -0.2) is 15.2 Å². The average molecular weight is 168 g/mol. The van der Waals surface area contributed by atoms with E-state index in [4.69, 9.17) is 5.73 Å². The van der Waals surface area contributed by atoms with Gasteiger partial charge in [-0.1, -0.05) is 20.3 Å². The molecule has 0 aliphatic rings. The Kier molecular flexibility index (Phi) is 2.81. The predicted molar refractivity (Wildman–Crippen MR) is 47.5 cm³/mol. The van der Waals surface area contributed by atoms with Crippen LogP contribution in [0.25, 0.3) is 0 Å². The summed E-state index contributed by atoms with van der Waals surface area (Å²) in [5.74, 6) is 1.98. The van der Waals surface area contributed by atoms with E-state index in [9.17, 15) is 0 Å². The quantitative estimate of drug-likeness (QED) is 0.711. The van der Waals surface area contributed by atoms with Crippen molar-refractivity contribution in [2.75, 3.05) is 0 Å². The van der Waals surface area contributed by atoms with Gasteiger partial charge in [-0.2, -0.15) is 5.10 Å². The van der Waals surface area contributed by atoms with E-state index in [0.29, 0.717) is 5.92 Å². The van der Waals surface area contributed by atoms with E-state index < -0.39 is 0 Å². The molecule has 0 fully saturated rings. The highest BCUT2D eigenvalue weighted by Crippen LogP contribution is 2.17. The molecular weight excluding hydrogens is 152 g/mol. The number of hydrogen-bond acceptors (Lipinski definition) is 3. The first-order valence-corrected chi connectivity index (χ1v) is 4.29. The van der Waals surface area contributed by atoms with Gasteiger partial charge in [0.2, 0.25) is 0 Å². The molecule has 4 heteroatoms. The van der Waals surface area contributed by atoms with Crippen LogP contribution in [0.4, 0.5) is 0 Å². The molecule has 12 heavy (non-hydrogen) atoms. The maximum absolute atomic E-state index is 5.92. The summed E-state index contributed by atoms with van der Waals surface area (Å²) in [6.45, 7) is 6.10. The van der Waals surface area contributed by atoms with Gasteiger partial charge in [-0.3, -0.25) is 5.10 Å². The molecule has 0 aromatic carbocycles. The zero-order valence-electron chi connectivity index (χ0n) is 7.83. The number of nitrogens with two attached hydrogens (primary N) is 1. The Hall–Kier alpha value is -0.900. The molecule has 1 rings (SSSR count). The Morgan fingerprint density at radius 2 is 2.25 bits per heavy atom. The van der Waals surface area contributed by atoms with Crippen LogP contribution in [0, 0.1) is 12.8 Å². The summed E-state index contributed by atoms with van der Waals surface area (Å²) >= 11 is 0. The van der Waals surface area contributed by atoms with Gasteiger partial charge in [0.05, 0.1) is 6.04 Å². The molecule has 1 aromatic heterocycles. The van der Waals surface area contributed by atoms with Crippen molar-refractivity contribution in [2.24, 2.45) is 11.7 Å². The molecule has 0 unspecified atom stereocenters. The molecule has 0 saturated carbocycles. The molecule has 1 heterocycles. The van der Waals surface area contributed by atoms with Gasteiger partial charge in [-0.15, -0.1) is 0 Å². The fourth-order valence-corrected chi connectivity index (χ4v) is 1.02. The molecule has 1 aromatic rings. The average Bonchev–Trinajstić information content (AvgIpc) is 2.49. The number of aromatic nitrogens is 3. The summed E-state index contributed by atoms with van der Waals surface area (Å²) in [6, 6.07) is -0.0417. The molecular formula is C8H16N4. The van der Waals surface area contributed by atoms with Gasteiger partial charge >= 0.3 is 0 Å². The highest BCUT2D eigenvalue weighted by atomic mass is 15.2. The van der Waals surface area contributed by atoms with Crippen LogP contribution in [-0.2, 0) is 0 Å². The minimum atomic E-state index is -0.0417. The van der Waals surface area contributed by atoms with Crippen molar-refractivity contribution in [3.05, 3.63) is 11.6 Å². The van der Waals surface area contributed by atoms with E-state index in [2.05, 4.69) is 29.0 Å². The lowest BCUT2D eigenvalue weighted by Crippen LogP contribution is -2.19. The predicted octanol–water partition coefficient (Wildman–Crippen LogP) is 1.16. The van der Waals surface area contributed by atoms with Crippen molar-refractivity contribution >= 4 is 0 Å². The lowest BCUT2D eigenvalue weighted by atomic mass is 10.00. The standard InChI is InChI=1S/C8H16N4/c1-4-5(2)7(9)8-10-6(3)11-12-8/h5,7H,4,9H2,1-3H3,(H,10,11,12)/t5-,7-/m0/s1. The van der Waals surface area contributed by atoms with Crippen molar-refractivity contribution < 1.29 is 0 Å². The molecule has 0 spiro atoms. The Labute approximate surface area is 72.6 Å². The maximum Gasteiger partial charge on any atom is 0.167 e. The largest absolute Gasteiger partial charge is 0.321 e. The topological polar surface area (TPSA) is 67.6 Å². The smallest absolute Gasteiger partial charge is 0.167 e. The van der Waals surface area contributed by atoms with Crippen molar-refractivity contribution in [1.82, 2.24) is 15.2 Å². The number of H-pyrrole nitrogens is 1. The number of nitrogens with zero attached hydrogens (tertiary/aromatic N) is 2. The molecule has 2 atom stereocenters. The molecule has 0 bridgehead atoms. The minimum absolute atomic E-state index is 0.0417. The van der Waals surface area contributed by atoms with E-state index in [1.165, 1.54) is 0 Å². The van der Waals surface area contributed by atoms with Crippen LogP contribution in [0.2, 0.25) is 0 Å². The van der Waals surface area contributed by atoms with Crippen molar-refractivity contribution in [2.45, 2.75) is 33.2 Å². The Morgan fingerprint density at radius 3 is 2.67 bits per heavy atom. The number of rotatable bonds is 3. The van der Waals surface area contributed by atoms with Gasteiger partial charge in [0, 0.05) is 0 Å². The molecule has 4 nitrogen and oxygen atoms in total. The monoisotopic (exact) mass is 168 g/mol. The molecule has 3 N–H and O–H groups in total. The first-order chi connectivity index (χ1) is 5.65. The second kappa shape index (κ2) is 3.67. The molecule has 0 aliphatic carbocycles. The van der Waals surface area contributed by atoms with E-state index in [0.717, 1.165) is 18.1 Å². The molecule has 68 valence electrons. The lowest BCUT2D eigenvalue weighted by molar-refractivity contribution is 0.440. The highest BCUT2D eigenvalue weighted by molar-refractivity contribution is 4.95. The van der Waals surface area contributed by atoms with Gasteiger partial charge in [-0.25, -0.2) is 4.98 Å². The van der Waals surface area contributed by atoms with Crippen molar-refractivity contribution in [1.29, 1.82) is 0 Å². The Morgan fingerprint density at radius 1 is 1.58 bits per heavy atom. The second-order valence-corrected chi connectivity index (χ2v) is 3.19. The number of aryl methyl sites for hydroxylation is 1. The summed E-state index contributed by atoms with van der Waals surface area (Å²) in [5.41, 5.74) is 5.92. The fourth-order valence-electron chi connectivity index (χ4n) is 1.02. The lowest BCUT2D eigenvalue weighted by Gasteiger charge is -2.13. The SMILES string of the molecule is CC[C@H](C)[C@H](N)c1n[nH]c(C)n1. The normalized spacial score (nSPS) is 16.0. The van der Waals surface area contributed by atoms with E-state index in [-0.39, 0.29) is 6.04 Å². The third-order valence-corrected chi connectivity index (χ3v) is 2.17. The highest BCUT2D eigenvalue weighted by Gasteiger charge is 2.16. The first-order valence-electron chi connectivity index (χ1n) is 4.29. The number of nitrogens with one attached hydrogen (secondary N) is 1. The maximum atomic E-state index is 5.92. The fraction of sp³-hybridized carbons (Fsp3) is 0.750. The van der Waals surface area contributed by atoms with Gasteiger partial charge in [-0.05, 0) is 12.8 Å². The summed E-state index contributed by atoms with van der Waals surface area (Å²) in [7, 11) is 0. The molecule has 0 radical (unpaired) electrons. The van der Waals surface area contributed by atoms with Gasteiger partial charge < -0.3 is 5.73 Å². The van der Waals surface area contributed by atoms with Crippen LogP contribution in [0.3, 0.4) is 0 Å². The van der Waals surface area contributed by atoms with E-state index in [1.807, 2.05) is 6.92 Å². The summed E-state index contributed by atoms with van der Waals surface area (Å²) < 4.78 is 0. The van der Waals surface area contributed by atoms with Crippen LogP contribution in [0.15, 0.2) is 0 Å². The second-order valence-electron chi connectivity index (χ2n) is 3.19. The van der Waals surface area contributed by atoms with Gasteiger partial charge in [0.15, 0.2) is 5.82 Å².